The van der Waals surface area contributed by atoms with Crippen LogP contribution >= 0.6 is 0 Å². The predicted octanol–water partition coefficient (Wildman–Crippen LogP) is 0.838. The second-order valence-corrected chi connectivity index (χ2v) is 3.96. The van der Waals surface area contributed by atoms with Gasteiger partial charge >= 0.3 is 6.03 Å². The van der Waals surface area contributed by atoms with Crippen molar-refractivity contribution in [2.75, 3.05) is 26.8 Å². The molecular formula is C13H20N2O3. The molecule has 1 aromatic rings. The van der Waals surface area contributed by atoms with Crippen LogP contribution in [-0.4, -0.2) is 37.9 Å². The van der Waals surface area contributed by atoms with Gasteiger partial charge in [0.25, 0.3) is 0 Å². The van der Waals surface area contributed by atoms with Crippen LogP contribution in [0.1, 0.15) is 11.1 Å². The second kappa shape index (κ2) is 7.55. The molecule has 0 saturated carbocycles. The first-order valence-electron chi connectivity index (χ1n) is 5.93. The minimum Gasteiger partial charge on any atom is -0.496 e. The molecule has 0 spiro atoms. The summed E-state index contributed by atoms with van der Waals surface area (Å²) in [5.41, 5.74) is 2.20. The zero-order chi connectivity index (χ0) is 13.4. The number of aliphatic hydroxyl groups excluding tert-OH is 1. The smallest absolute Gasteiger partial charge is 0.314 e. The maximum Gasteiger partial charge on any atom is 0.314 e. The van der Waals surface area contributed by atoms with Gasteiger partial charge in [-0.05, 0) is 30.5 Å². The molecule has 0 saturated heterocycles. The van der Waals surface area contributed by atoms with Gasteiger partial charge in [0.05, 0.1) is 13.7 Å². The van der Waals surface area contributed by atoms with Crippen molar-refractivity contribution in [1.82, 2.24) is 10.6 Å². The van der Waals surface area contributed by atoms with E-state index in [1.54, 1.807) is 7.11 Å². The third-order valence-corrected chi connectivity index (χ3v) is 2.57. The molecule has 0 fully saturated rings. The molecule has 5 heteroatoms. The van der Waals surface area contributed by atoms with Gasteiger partial charge in [-0.2, -0.15) is 0 Å². The van der Waals surface area contributed by atoms with Crippen molar-refractivity contribution >= 4 is 6.03 Å². The van der Waals surface area contributed by atoms with Crippen LogP contribution in [0.2, 0.25) is 0 Å². The van der Waals surface area contributed by atoms with Crippen molar-refractivity contribution in [2.45, 2.75) is 13.3 Å². The number of carbonyl (C=O) groups is 1. The van der Waals surface area contributed by atoms with Crippen LogP contribution in [0.25, 0.3) is 0 Å². The predicted molar refractivity (Wildman–Crippen MR) is 69.9 cm³/mol. The quantitative estimate of drug-likeness (QED) is 0.702. The highest BCUT2D eigenvalue weighted by Gasteiger charge is 2.02. The number of hydrogen-bond acceptors (Lipinski definition) is 3. The summed E-state index contributed by atoms with van der Waals surface area (Å²) in [7, 11) is 1.65. The number of ether oxygens (including phenoxy) is 1. The number of methoxy groups -OCH3 is 1. The molecule has 100 valence electrons. The summed E-state index contributed by atoms with van der Waals surface area (Å²) in [4.78, 5) is 11.2. The zero-order valence-electron chi connectivity index (χ0n) is 10.8. The molecule has 0 aliphatic rings. The third-order valence-electron chi connectivity index (χ3n) is 2.57. The average Bonchev–Trinajstić information content (AvgIpc) is 2.38. The Morgan fingerprint density at radius 2 is 2.06 bits per heavy atom. The average molecular weight is 252 g/mol. The van der Waals surface area contributed by atoms with E-state index in [2.05, 4.69) is 10.6 Å². The van der Waals surface area contributed by atoms with Crippen LogP contribution in [0.5, 0.6) is 5.75 Å². The van der Waals surface area contributed by atoms with Gasteiger partial charge in [0.15, 0.2) is 0 Å². The highest BCUT2D eigenvalue weighted by Crippen LogP contribution is 2.18. The van der Waals surface area contributed by atoms with Crippen LogP contribution in [0.15, 0.2) is 18.2 Å². The summed E-state index contributed by atoms with van der Waals surface area (Å²) in [5.74, 6) is 0.859. The number of aryl methyl sites for hydroxylation is 1. The van der Waals surface area contributed by atoms with Crippen molar-refractivity contribution in [1.29, 1.82) is 0 Å². The summed E-state index contributed by atoms with van der Waals surface area (Å²) in [6, 6.07) is 5.73. The molecule has 2 amide bonds. The Labute approximate surface area is 107 Å². The molecule has 18 heavy (non-hydrogen) atoms. The van der Waals surface area contributed by atoms with E-state index in [-0.39, 0.29) is 19.2 Å². The van der Waals surface area contributed by atoms with Crippen molar-refractivity contribution in [3.8, 4) is 5.75 Å². The van der Waals surface area contributed by atoms with E-state index in [0.717, 1.165) is 23.3 Å². The monoisotopic (exact) mass is 252 g/mol. The van der Waals surface area contributed by atoms with Crippen LogP contribution in [0, 0.1) is 6.92 Å². The fraction of sp³-hybridized carbons (Fsp3) is 0.462. The lowest BCUT2D eigenvalue weighted by Crippen LogP contribution is -2.37. The second-order valence-electron chi connectivity index (χ2n) is 3.96. The molecule has 0 aromatic heterocycles. The highest BCUT2D eigenvalue weighted by atomic mass is 16.5. The first kappa shape index (κ1) is 14.3. The van der Waals surface area contributed by atoms with Gasteiger partial charge in [-0.1, -0.05) is 12.1 Å². The van der Waals surface area contributed by atoms with Gasteiger partial charge in [0.2, 0.25) is 0 Å². The summed E-state index contributed by atoms with van der Waals surface area (Å²) in [6.45, 7) is 2.75. The Morgan fingerprint density at radius 1 is 1.33 bits per heavy atom. The van der Waals surface area contributed by atoms with Crippen molar-refractivity contribution < 1.29 is 14.6 Å². The number of carbonyl (C=O) groups excluding carboxylic acids is 1. The fourth-order valence-corrected chi connectivity index (χ4v) is 1.57. The fourth-order valence-electron chi connectivity index (χ4n) is 1.57. The number of nitrogens with one attached hydrogen (secondary N) is 2. The minimum atomic E-state index is -0.261. The van der Waals surface area contributed by atoms with Crippen molar-refractivity contribution in [2.24, 2.45) is 0 Å². The first-order chi connectivity index (χ1) is 8.67. The molecule has 0 heterocycles. The summed E-state index contributed by atoms with van der Waals surface area (Å²) < 4.78 is 5.24. The van der Waals surface area contributed by atoms with Crippen molar-refractivity contribution in [3.05, 3.63) is 29.3 Å². The van der Waals surface area contributed by atoms with Crippen LogP contribution in [0.3, 0.4) is 0 Å². The Kier molecular flexibility index (Phi) is 6.00. The van der Waals surface area contributed by atoms with Gasteiger partial charge in [0.1, 0.15) is 5.75 Å². The molecule has 1 rings (SSSR count). The molecule has 0 bridgehead atoms. The van der Waals surface area contributed by atoms with Gasteiger partial charge in [-0.15, -0.1) is 0 Å². The SMILES string of the molecule is COc1cc(CCNC(=O)NCCO)ccc1C. The summed E-state index contributed by atoms with van der Waals surface area (Å²) in [6.07, 6.45) is 0.739. The number of amides is 2. The van der Waals surface area contributed by atoms with E-state index >= 15 is 0 Å². The maximum absolute atomic E-state index is 11.2. The van der Waals surface area contributed by atoms with Crippen LogP contribution < -0.4 is 15.4 Å². The Bertz CT molecular complexity index is 394. The van der Waals surface area contributed by atoms with Gasteiger partial charge < -0.3 is 20.5 Å². The molecule has 5 nitrogen and oxygen atoms in total. The molecule has 0 atom stereocenters. The van der Waals surface area contributed by atoms with Gasteiger partial charge in [-0.25, -0.2) is 4.79 Å². The van der Waals surface area contributed by atoms with E-state index in [0.29, 0.717) is 6.54 Å². The maximum atomic E-state index is 11.2. The Hall–Kier alpha value is -1.75. The lowest BCUT2D eigenvalue weighted by atomic mass is 10.1. The molecule has 0 radical (unpaired) electrons. The first-order valence-corrected chi connectivity index (χ1v) is 5.93. The number of urea groups is 1. The molecule has 3 N–H and O–H groups in total. The molecular weight excluding hydrogens is 232 g/mol. The minimum absolute atomic E-state index is 0.0530. The Balaban J connectivity index is 2.37. The topological polar surface area (TPSA) is 70.6 Å². The van der Waals surface area contributed by atoms with Crippen molar-refractivity contribution in [3.63, 3.8) is 0 Å². The van der Waals surface area contributed by atoms with E-state index in [1.165, 1.54) is 0 Å². The molecule has 1 aromatic carbocycles. The van der Waals surface area contributed by atoms with E-state index in [4.69, 9.17) is 9.84 Å². The number of hydrogen-bond donors (Lipinski definition) is 3. The third kappa shape index (κ3) is 4.63. The molecule has 0 unspecified atom stereocenters. The summed E-state index contributed by atoms with van der Waals surface area (Å²) in [5, 5.41) is 13.8. The van der Waals surface area contributed by atoms with E-state index < -0.39 is 0 Å². The van der Waals surface area contributed by atoms with Gasteiger partial charge in [-0.3, -0.25) is 0 Å². The lowest BCUT2D eigenvalue weighted by molar-refractivity contribution is 0.234. The standard InChI is InChI=1S/C13H20N2O3/c1-10-3-4-11(9-12(10)18-2)5-6-14-13(17)15-7-8-16/h3-4,9,16H,5-8H2,1-2H3,(H2,14,15,17). The van der Waals surface area contributed by atoms with Crippen LogP contribution in [-0.2, 0) is 6.42 Å². The lowest BCUT2D eigenvalue weighted by Gasteiger charge is -2.09. The van der Waals surface area contributed by atoms with Gasteiger partial charge in [0, 0.05) is 13.1 Å². The highest BCUT2D eigenvalue weighted by molar-refractivity contribution is 5.73. The number of aliphatic hydroxyl groups is 1. The zero-order valence-corrected chi connectivity index (χ0v) is 10.8. The molecule has 0 aliphatic carbocycles. The number of rotatable bonds is 6. The van der Waals surface area contributed by atoms with Crippen LogP contribution in [0.4, 0.5) is 4.79 Å². The normalized spacial score (nSPS) is 9.94. The van der Waals surface area contributed by atoms with E-state index in [9.17, 15) is 4.79 Å². The van der Waals surface area contributed by atoms with E-state index in [1.807, 2.05) is 25.1 Å². The summed E-state index contributed by atoms with van der Waals surface area (Å²) >= 11 is 0. The molecule has 0 aliphatic heterocycles. The Morgan fingerprint density at radius 3 is 2.72 bits per heavy atom. The largest absolute Gasteiger partial charge is 0.496 e. The number of benzene rings is 1.